The number of amides is 1. The number of aromatic nitrogens is 2. The number of nitrogens with one attached hydrogen (secondary N) is 2. The van der Waals surface area contributed by atoms with E-state index in [0.717, 1.165) is 10.2 Å². The smallest absolute Gasteiger partial charge is 0.411 e. The highest BCUT2D eigenvalue weighted by molar-refractivity contribution is 9.10. The van der Waals surface area contributed by atoms with Crippen molar-refractivity contribution in [3.05, 3.63) is 45.9 Å². The highest BCUT2D eigenvalue weighted by atomic mass is 79.9. The predicted molar refractivity (Wildman–Crippen MR) is 111 cm³/mol. The van der Waals surface area contributed by atoms with Crippen LogP contribution in [0, 0.1) is 5.82 Å². The van der Waals surface area contributed by atoms with Crippen LogP contribution in [0.2, 0.25) is 0 Å². The van der Waals surface area contributed by atoms with Crippen LogP contribution in [0.15, 0.2) is 28.9 Å². The highest BCUT2D eigenvalue weighted by Crippen LogP contribution is 2.33. The summed E-state index contributed by atoms with van der Waals surface area (Å²) in [5.41, 5.74) is 0.762. The molecule has 2 aromatic rings. The maximum absolute atomic E-state index is 14.5. The Bertz CT molecular complexity index is 858. The number of benzene rings is 1. The number of nitrogens with zero attached hydrogens (tertiary/aromatic N) is 2. The Morgan fingerprint density at radius 2 is 2.22 bits per heavy atom. The molecule has 2 heterocycles. The Labute approximate surface area is 171 Å². The first-order valence-electron chi connectivity index (χ1n) is 8.61. The van der Waals surface area contributed by atoms with Gasteiger partial charge in [0.25, 0.3) is 0 Å². The van der Waals surface area contributed by atoms with Gasteiger partial charge in [0.1, 0.15) is 16.5 Å². The van der Waals surface area contributed by atoms with Crippen LogP contribution in [-0.2, 0) is 16.8 Å². The molecule has 1 atom stereocenters. The van der Waals surface area contributed by atoms with E-state index in [0.29, 0.717) is 22.8 Å². The maximum Gasteiger partial charge on any atom is 0.411 e. The minimum atomic E-state index is -0.814. The number of anilines is 1. The number of ether oxygens (including phenoxy) is 1. The summed E-state index contributed by atoms with van der Waals surface area (Å²) in [6, 6.07) is 4.36. The van der Waals surface area contributed by atoms with Crippen LogP contribution in [0.3, 0.4) is 0 Å². The Kier molecular flexibility index (Phi) is 6.94. The number of rotatable bonds is 3. The molecule has 3 rings (SSSR count). The van der Waals surface area contributed by atoms with Crippen LogP contribution in [0.4, 0.5) is 14.9 Å². The molecular weight excluding hydrogens is 435 g/mol. The summed E-state index contributed by atoms with van der Waals surface area (Å²) in [6.45, 7) is 8.19. The molecule has 0 aliphatic carbocycles. The predicted octanol–water partition coefficient (Wildman–Crippen LogP) is 4.57. The van der Waals surface area contributed by atoms with E-state index >= 15 is 0 Å². The fourth-order valence-corrected chi connectivity index (χ4v) is 3.89. The van der Waals surface area contributed by atoms with Gasteiger partial charge in [-0.15, -0.1) is 0 Å². The number of fused-ring (bicyclic) bond motifs is 1. The van der Waals surface area contributed by atoms with E-state index in [2.05, 4.69) is 31.7 Å². The first-order valence-corrected chi connectivity index (χ1v) is 9.82. The number of halogens is 2. The van der Waals surface area contributed by atoms with E-state index in [-0.39, 0.29) is 6.61 Å². The third-order valence-corrected chi connectivity index (χ3v) is 4.82. The van der Waals surface area contributed by atoms with E-state index in [1.54, 1.807) is 23.9 Å². The van der Waals surface area contributed by atoms with Gasteiger partial charge >= 0.3 is 6.09 Å². The highest BCUT2D eigenvalue weighted by Gasteiger charge is 2.37. The lowest BCUT2D eigenvalue weighted by atomic mass is 9.89. The van der Waals surface area contributed by atoms with Gasteiger partial charge in [0.2, 0.25) is 0 Å². The van der Waals surface area contributed by atoms with Crippen LogP contribution in [0.1, 0.15) is 39.0 Å². The first-order chi connectivity index (χ1) is 12.8. The largest absolute Gasteiger partial charge is 0.450 e. The number of carbonyl (C=O) groups is 1. The summed E-state index contributed by atoms with van der Waals surface area (Å²) in [7, 11) is 0. The van der Waals surface area contributed by atoms with Gasteiger partial charge < -0.3 is 10.1 Å². The van der Waals surface area contributed by atoms with Crippen molar-refractivity contribution in [3.63, 3.8) is 0 Å². The third-order valence-electron chi connectivity index (χ3n) is 3.95. The number of hydrogen-bond donors (Lipinski definition) is 2. The van der Waals surface area contributed by atoms with Gasteiger partial charge in [-0.05, 0) is 48.0 Å². The molecule has 1 unspecified atom stereocenters. The standard InChI is InChI=1S/C16H16BrFN4O2S.C2H6/c1-3-24-15(23)20-9-4-5-12(18)10(6-9)16(2)8-22-13(14(25)21-16)11(17)7-19-22;1-2/h4-7H,3,8H2,1-2H3,(H,20,23)(H,21,25);1-2H3. The van der Waals surface area contributed by atoms with Gasteiger partial charge in [-0.25, -0.2) is 9.18 Å². The van der Waals surface area contributed by atoms with E-state index < -0.39 is 17.4 Å². The average molecular weight is 457 g/mol. The third kappa shape index (κ3) is 4.47. The van der Waals surface area contributed by atoms with E-state index in [4.69, 9.17) is 17.0 Å². The van der Waals surface area contributed by atoms with Gasteiger partial charge in [0, 0.05) is 11.3 Å². The lowest BCUT2D eigenvalue weighted by Crippen LogP contribution is -2.51. The van der Waals surface area contributed by atoms with Crippen molar-refractivity contribution >= 4 is 44.9 Å². The van der Waals surface area contributed by atoms with Gasteiger partial charge in [-0.2, -0.15) is 5.10 Å². The number of carbonyl (C=O) groups excluding carboxylic acids is 1. The molecule has 0 fully saturated rings. The second-order valence-electron chi connectivity index (χ2n) is 5.83. The minimum Gasteiger partial charge on any atom is -0.450 e. The Balaban J connectivity index is 0.00000126. The van der Waals surface area contributed by atoms with Crippen molar-refractivity contribution in [2.45, 2.75) is 39.8 Å². The van der Waals surface area contributed by atoms with Crippen molar-refractivity contribution in [1.29, 1.82) is 0 Å². The average Bonchev–Trinajstić information content (AvgIpc) is 2.99. The number of hydrogen-bond acceptors (Lipinski definition) is 4. The second-order valence-corrected chi connectivity index (χ2v) is 7.09. The van der Waals surface area contributed by atoms with Gasteiger partial charge in [0.15, 0.2) is 0 Å². The summed E-state index contributed by atoms with van der Waals surface area (Å²) in [5.74, 6) is -0.401. The van der Waals surface area contributed by atoms with Crippen molar-refractivity contribution in [3.8, 4) is 0 Å². The molecule has 0 spiro atoms. The van der Waals surface area contributed by atoms with Crippen LogP contribution >= 0.6 is 28.1 Å². The second kappa shape index (κ2) is 8.79. The zero-order valence-corrected chi connectivity index (χ0v) is 18.0. The van der Waals surface area contributed by atoms with Crippen molar-refractivity contribution in [2.75, 3.05) is 11.9 Å². The van der Waals surface area contributed by atoms with Gasteiger partial charge in [0.05, 0.1) is 29.4 Å². The molecule has 1 aromatic carbocycles. The molecule has 1 amide bonds. The van der Waals surface area contributed by atoms with Crippen molar-refractivity contribution in [2.24, 2.45) is 0 Å². The molecule has 0 saturated carbocycles. The molecule has 0 bridgehead atoms. The van der Waals surface area contributed by atoms with Crippen molar-refractivity contribution < 1.29 is 13.9 Å². The zero-order chi connectivity index (χ0) is 20.2. The van der Waals surface area contributed by atoms with Crippen LogP contribution in [-0.4, -0.2) is 27.5 Å². The summed E-state index contributed by atoms with van der Waals surface area (Å²) in [6.07, 6.45) is 1.07. The molecule has 6 nitrogen and oxygen atoms in total. The summed E-state index contributed by atoms with van der Waals surface area (Å²) in [4.78, 5) is 12.1. The topological polar surface area (TPSA) is 68.2 Å². The zero-order valence-electron chi connectivity index (χ0n) is 15.6. The number of thiocarbonyl (C=S) groups is 1. The Hall–Kier alpha value is -2.00. The normalized spacial score (nSPS) is 17.9. The lowest BCUT2D eigenvalue weighted by molar-refractivity contribution is 0.168. The monoisotopic (exact) mass is 456 g/mol. The van der Waals surface area contributed by atoms with E-state index in [9.17, 15) is 9.18 Å². The van der Waals surface area contributed by atoms with Crippen LogP contribution < -0.4 is 10.6 Å². The van der Waals surface area contributed by atoms with Crippen LogP contribution in [0.5, 0.6) is 0 Å². The summed E-state index contributed by atoms with van der Waals surface area (Å²) < 4.78 is 21.9. The van der Waals surface area contributed by atoms with E-state index in [1.807, 2.05) is 20.8 Å². The molecule has 2 N–H and O–H groups in total. The summed E-state index contributed by atoms with van der Waals surface area (Å²) >= 11 is 8.82. The fraction of sp³-hybridized carbons (Fsp3) is 0.389. The quantitative estimate of drug-likeness (QED) is 0.661. The molecule has 1 aliphatic rings. The molecule has 0 radical (unpaired) electrons. The SMILES string of the molecule is CC.CCOC(=O)Nc1ccc(F)c(C2(C)Cn3ncc(Br)c3C(=S)N2)c1. The molecule has 1 aromatic heterocycles. The lowest BCUT2D eigenvalue weighted by Gasteiger charge is -2.37. The fourth-order valence-electron chi connectivity index (χ4n) is 2.82. The first kappa shape index (κ1) is 21.3. The molecular formula is C18H22BrFN4O2S. The molecule has 0 saturated heterocycles. The van der Waals surface area contributed by atoms with E-state index in [1.165, 1.54) is 12.1 Å². The maximum atomic E-state index is 14.5. The van der Waals surface area contributed by atoms with Gasteiger partial charge in [-0.1, -0.05) is 26.1 Å². The van der Waals surface area contributed by atoms with Crippen molar-refractivity contribution in [1.82, 2.24) is 15.1 Å². The minimum absolute atomic E-state index is 0.254. The molecule has 27 heavy (non-hydrogen) atoms. The molecule has 146 valence electrons. The van der Waals surface area contributed by atoms with Crippen LogP contribution in [0.25, 0.3) is 0 Å². The Morgan fingerprint density at radius 1 is 1.52 bits per heavy atom. The Morgan fingerprint density at radius 3 is 2.89 bits per heavy atom. The molecule has 9 heteroatoms. The van der Waals surface area contributed by atoms with Gasteiger partial charge in [-0.3, -0.25) is 10.00 Å². The molecule has 1 aliphatic heterocycles. The summed E-state index contributed by atoms with van der Waals surface area (Å²) in [5, 5.41) is 10.1.